The Labute approximate surface area is 151 Å². The summed E-state index contributed by atoms with van der Waals surface area (Å²) in [5.41, 5.74) is 0. The Balaban J connectivity index is 1.86. The van der Waals surface area contributed by atoms with Crippen LogP contribution in [0, 0.1) is 11.7 Å². The molecule has 1 unspecified atom stereocenters. The van der Waals surface area contributed by atoms with Gasteiger partial charge in [-0.05, 0) is 18.1 Å². The lowest BCUT2D eigenvalue weighted by molar-refractivity contribution is -0.122. The van der Waals surface area contributed by atoms with Crippen LogP contribution in [-0.4, -0.2) is 41.9 Å². The van der Waals surface area contributed by atoms with Gasteiger partial charge in [0.1, 0.15) is 10.7 Å². The van der Waals surface area contributed by atoms with Crippen molar-refractivity contribution in [2.75, 3.05) is 6.54 Å². The fraction of sp³-hybridized carbons (Fsp3) is 0.438. The van der Waals surface area contributed by atoms with Crippen molar-refractivity contribution < 1.29 is 17.6 Å². The highest BCUT2D eigenvalue weighted by Crippen LogP contribution is 2.12. The van der Waals surface area contributed by atoms with Crippen molar-refractivity contribution in [2.45, 2.75) is 37.8 Å². The molecule has 2 N–H and O–H groups in total. The minimum atomic E-state index is -4.00. The van der Waals surface area contributed by atoms with Crippen molar-refractivity contribution in [3.05, 3.63) is 42.5 Å². The highest BCUT2D eigenvalue weighted by Gasteiger charge is 2.20. The van der Waals surface area contributed by atoms with Crippen molar-refractivity contribution in [1.82, 2.24) is 25.0 Å². The maximum Gasteiger partial charge on any atom is 0.243 e. The first-order valence-electron chi connectivity index (χ1n) is 8.17. The molecule has 0 bridgehead atoms. The molecule has 8 nitrogen and oxygen atoms in total. The minimum absolute atomic E-state index is 0.0660. The first-order valence-corrected chi connectivity index (χ1v) is 9.65. The zero-order chi connectivity index (χ0) is 19.2. The normalized spacial score (nSPS) is 12.9. The van der Waals surface area contributed by atoms with Crippen LogP contribution < -0.4 is 10.0 Å². The van der Waals surface area contributed by atoms with Gasteiger partial charge < -0.3 is 5.32 Å². The molecule has 1 aromatic heterocycles. The van der Waals surface area contributed by atoms with Gasteiger partial charge in [-0.1, -0.05) is 26.0 Å². The molecule has 1 aromatic carbocycles. The van der Waals surface area contributed by atoms with Gasteiger partial charge in [0.25, 0.3) is 0 Å². The lowest BCUT2D eigenvalue weighted by Crippen LogP contribution is -2.43. The Kier molecular flexibility index (Phi) is 6.81. The van der Waals surface area contributed by atoms with Crippen LogP contribution in [0.4, 0.5) is 4.39 Å². The molecule has 0 aliphatic carbocycles. The lowest BCUT2D eigenvalue weighted by atomic mass is 10.0. The second-order valence-electron chi connectivity index (χ2n) is 6.08. The van der Waals surface area contributed by atoms with Crippen LogP contribution >= 0.6 is 0 Å². The van der Waals surface area contributed by atoms with E-state index in [4.69, 9.17) is 0 Å². The molecule has 2 aromatic rings. The minimum Gasteiger partial charge on any atom is -0.351 e. The molecule has 142 valence electrons. The molecule has 1 amide bonds. The Morgan fingerprint density at radius 1 is 1.23 bits per heavy atom. The first kappa shape index (κ1) is 20.0. The van der Waals surface area contributed by atoms with Crippen LogP contribution in [0.1, 0.15) is 20.3 Å². The highest BCUT2D eigenvalue weighted by molar-refractivity contribution is 7.89. The molecule has 0 fully saturated rings. The predicted molar refractivity (Wildman–Crippen MR) is 93.0 cm³/mol. The SMILES string of the molecule is CC(C)C(Cn1nccn1)NC(=O)CCNS(=O)(=O)c1ccccc1F. The number of hydrogen-bond donors (Lipinski definition) is 2. The van der Waals surface area contributed by atoms with Gasteiger partial charge in [0.05, 0.1) is 25.0 Å². The molecule has 0 saturated carbocycles. The summed E-state index contributed by atoms with van der Waals surface area (Å²) in [5, 5.41) is 10.9. The van der Waals surface area contributed by atoms with Crippen molar-refractivity contribution >= 4 is 15.9 Å². The summed E-state index contributed by atoms with van der Waals surface area (Å²) in [5.74, 6) is -1.01. The number of aromatic nitrogens is 3. The van der Waals surface area contributed by atoms with E-state index in [1.54, 1.807) is 12.4 Å². The second-order valence-corrected chi connectivity index (χ2v) is 7.82. The van der Waals surface area contributed by atoms with Crippen molar-refractivity contribution in [2.24, 2.45) is 5.92 Å². The molecule has 0 aliphatic heterocycles. The summed E-state index contributed by atoms with van der Waals surface area (Å²) >= 11 is 0. The zero-order valence-electron chi connectivity index (χ0n) is 14.6. The standard InChI is InChI=1S/C16H22FN5O3S/c1-12(2)14(11-22-18-9-10-19-22)21-16(23)7-8-20-26(24,25)15-6-4-3-5-13(15)17/h3-6,9-10,12,14,20H,7-8,11H2,1-2H3,(H,21,23). The quantitative estimate of drug-likeness (QED) is 0.670. The fourth-order valence-corrected chi connectivity index (χ4v) is 3.36. The smallest absolute Gasteiger partial charge is 0.243 e. The van der Waals surface area contributed by atoms with E-state index in [1.165, 1.54) is 23.0 Å². The number of halogens is 1. The third-order valence-electron chi connectivity index (χ3n) is 3.75. The zero-order valence-corrected chi connectivity index (χ0v) is 15.4. The van der Waals surface area contributed by atoms with Gasteiger partial charge >= 0.3 is 0 Å². The maximum absolute atomic E-state index is 13.6. The molecule has 26 heavy (non-hydrogen) atoms. The van der Waals surface area contributed by atoms with Crippen molar-refractivity contribution in [1.29, 1.82) is 0 Å². The topological polar surface area (TPSA) is 106 Å². The Bertz CT molecular complexity index is 824. The number of amides is 1. The van der Waals surface area contributed by atoms with Crippen LogP contribution in [0.3, 0.4) is 0 Å². The molecule has 0 spiro atoms. The molecular weight excluding hydrogens is 361 g/mol. The van der Waals surface area contributed by atoms with Crippen molar-refractivity contribution in [3.63, 3.8) is 0 Å². The summed E-state index contributed by atoms with van der Waals surface area (Å²) in [4.78, 5) is 13.1. The molecule has 1 atom stereocenters. The van der Waals surface area contributed by atoms with Crippen LogP contribution in [0.25, 0.3) is 0 Å². The van der Waals surface area contributed by atoms with Gasteiger partial charge in [-0.25, -0.2) is 17.5 Å². The predicted octanol–water partition coefficient (Wildman–Crippen LogP) is 0.927. The average Bonchev–Trinajstić information content (AvgIpc) is 3.07. The first-order chi connectivity index (χ1) is 12.3. The van der Waals surface area contributed by atoms with E-state index in [0.29, 0.717) is 6.54 Å². The van der Waals surface area contributed by atoms with Crippen LogP contribution in [0.5, 0.6) is 0 Å². The summed E-state index contributed by atoms with van der Waals surface area (Å²) in [6, 6.07) is 4.88. The highest BCUT2D eigenvalue weighted by atomic mass is 32.2. The fourth-order valence-electron chi connectivity index (χ4n) is 2.25. The van der Waals surface area contributed by atoms with E-state index < -0.39 is 20.7 Å². The van der Waals surface area contributed by atoms with E-state index in [1.807, 2.05) is 13.8 Å². The van der Waals surface area contributed by atoms with E-state index in [2.05, 4.69) is 20.2 Å². The van der Waals surface area contributed by atoms with Crippen molar-refractivity contribution in [3.8, 4) is 0 Å². The summed E-state index contributed by atoms with van der Waals surface area (Å²) in [7, 11) is -4.00. The van der Waals surface area contributed by atoms with Crippen LogP contribution in [-0.2, 0) is 21.4 Å². The number of carbonyl (C=O) groups excluding carboxylic acids is 1. The van der Waals surface area contributed by atoms with Crippen LogP contribution in [0.2, 0.25) is 0 Å². The van der Waals surface area contributed by atoms with E-state index in [9.17, 15) is 17.6 Å². The number of rotatable bonds is 9. The maximum atomic E-state index is 13.6. The number of sulfonamides is 1. The number of benzene rings is 1. The monoisotopic (exact) mass is 383 g/mol. The average molecular weight is 383 g/mol. The Morgan fingerprint density at radius 2 is 1.88 bits per heavy atom. The molecule has 0 saturated heterocycles. The van der Waals surface area contributed by atoms with Gasteiger partial charge in [-0.2, -0.15) is 15.0 Å². The van der Waals surface area contributed by atoms with Gasteiger partial charge in [0.2, 0.25) is 15.9 Å². The van der Waals surface area contributed by atoms with E-state index in [0.717, 1.165) is 6.07 Å². The second kappa shape index (κ2) is 8.86. The Morgan fingerprint density at radius 3 is 2.50 bits per heavy atom. The summed E-state index contributed by atoms with van der Waals surface area (Å²) in [6.45, 7) is 4.19. The number of nitrogens with one attached hydrogen (secondary N) is 2. The van der Waals surface area contributed by atoms with Crippen LogP contribution in [0.15, 0.2) is 41.6 Å². The molecule has 10 heteroatoms. The number of carbonyl (C=O) groups is 1. The van der Waals surface area contributed by atoms with E-state index >= 15 is 0 Å². The van der Waals surface area contributed by atoms with Gasteiger partial charge in [-0.3, -0.25) is 4.79 Å². The third kappa shape index (κ3) is 5.60. The third-order valence-corrected chi connectivity index (χ3v) is 5.24. The van der Waals surface area contributed by atoms with Gasteiger partial charge in [-0.15, -0.1) is 0 Å². The number of hydrogen-bond acceptors (Lipinski definition) is 5. The molecule has 1 heterocycles. The molecule has 0 aliphatic rings. The lowest BCUT2D eigenvalue weighted by Gasteiger charge is -2.21. The van der Waals surface area contributed by atoms with Gasteiger partial charge in [0, 0.05) is 13.0 Å². The van der Waals surface area contributed by atoms with E-state index in [-0.39, 0.29) is 30.8 Å². The molecular formula is C16H22FN5O3S. The Hall–Kier alpha value is -2.33. The number of nitrogens with zero attached hydrogens (tertiary/aromatic N) is 3. The summed E-state index contributed by atoms with van der Waals surface area (Å²) < 4.78 is 40.0. The molecule has 2 rings (SSSR count). The largest absolute Gasteiger partial charge is 0.351 e. The van der Waals surface area contributed by atoms with Gasteiger partial charge in [0.15, 0.2) is 0 Å². The molecule has 0 radical (unpaired) electrons. The summed E-state index contributed by atoms with van der Waals surface area (Å²) in [6.07, 6.45) is 3.04.